The van der Waals surface area contributed by atoms with Crippen molar-refractivity contribution in [2.45, 2.75) is 78.2 Å². The molecule has 1 heterocycles. The number of aryl methyl sites for hydroxylation is 1. The van der Waals surface area contributed by atoms with Crippen LogP contribution in [0.25, 0.3) is 17.0 Å². The molecule has 2 N–H and O–H groups in total. The highest BCUT2D eigenvalue weighted by molar-refractivity contribution is 5.97. The number of amides is 2. The largest absolute Gasteiger partial charge is 0.497 e. The molecule has 4 aromatic rings. The number of allylic oxidation sites excluding steroid dienone is 2. The number of rotatable bonds is 13. The predicted octanol–water partition coefficient (Wildman–Crippen LogP) is 8.77. The first-order valence-corrected chi connectivity index (χ1v) is 18.8. The number of methoxy groups -OCH3 is 1. The van der Waals surface area contributed by atoms with Gasteiger partial charge in [0.25, 0.3) is 5.91 Å². The van der Waals surface area contributed by atoms with E-state index < -0.39 is 18.4 Å². The molecule has 53 heavy (non-hydrogen) atoms. The van der Waals surface area contributed by atoms with Gasteiger partial charge in [0.2, 0.25) is 5.91 Å². The number of hydrogen-bond acceptors (Lipinski definition) is 6. The number of carboxylic acid groups (broad SMARTS) is 1. The van der Waals surface area contributed by atoms with E-state index in [9.17, 15) is 19.5 Å². The quantitative estimate of drug-likeness (QED) is 0.142. The van der Waals surface area contributed by atoms with E-state index in [-0.39, 0.29) is 18.9 Å². The molecular formula is C44H50N4O5. The van der Waals surface area contributed by atoms with Gasteiger partial charge in [-0.2, -0.15) is 0 Å². The Hall–Kier alpha value is -5.31. The van der Waals surface area contributed by atoms with Gasteiger partial charge >= 0.3 is 5.97 Å². The van der Waals surface area contributed by atoms with E-state index in [2.05, 4.69) is 28.3 Å². The molecule has 2 aliphatic carbocycles. The summed E-state index contributed by atoms with van der Waals surface area (Å²) in [6.45, 7) is 3.91. The number of hydrogen-bond donors (Lipinski definition) is 2. The second kappa shape index (κ2) is 17.5. The Morgan fingerprint density at radius 2 is 1.60 bits per heavy atom. The molecule has 1 saturated carbocycles. The van der Waals surface area contributed by atoms with Crippen LogP contribution in [0.1, 0.15) is 90.9 Å². The van der Waals surface area contributed by atoms with Gasteiger partial charge in [-0.15, -0.1) is 0 Å². The first-order chi connectivity index (χ1) is 25.7. The molecule has 2 amide bonds. The van der Waals surface area contributed by atoms with Crippen LogP contribution in [0.5, 0.6) is 5.75 Å². The highest BCUT2D eigenvalue weighted by Gasteiger charge is 2.28. The molecule has 0 radical (unpaired) electrons. The number of ether oxygens (including phenoxy) is 1. The Bertz CT molecular complexity index is 1910. The number of benzene rings is 3. The van der Waals surface area contributed by atoms with Crippen LogP contribution in [0.2, 0.25) is 0 Å². The molecule has 276 valence electrons. The fraction of sp³-hybridized carbons (Fsp3) is 0.386. The zero-order valence-electron chi connectivity index (χ0n) is 31.0. The topological polar surface area (TPSA) is 122 Å². The van der Waals surface area contributed by atoms with E-state index in [0.717, 1.165) is 64.2 Å². The minimum atomic E-state index is -1.11. The maximum absolute atomic E-state index is 13.5. The average molecular weight is 715 g/mol. The van der Waals surface area contributed by atoms with Crippen molar-refractivity contribution >= 4 is 29.0 Å². The third-order valence-electron chi connectivity index (χ3n) is 11.1. The van der Waals surface area contributed by atoms with Gasteiger partial charge in [-0.3, -0.25) is 14.4 Å². The average Bonchev–Trinajstić information content (AvgIpc) is 3.19. The van der Waals surface area contributed by atoms with Gasteiger partial charge in [-0.05, 0) is 115 Å². The van der Waals surface area contributed by atoms with Crippen molar-refractivity contribution < 1.29 is 24.2 Å². The molecule has 0 aliphatic heterocycles. The summed E-state index contributed by atoms with van der Waals surface area (Å²) in [6.07, 6.45) is 16.8. The molecule has 1 unspecified atom stereocenters. The fourth-order valence-electron chi connectivity index (χ4n) is 7.85. The first kappa shape index (κ1) is 37.4. The van der Waals surface area contributed by atoms with Gasteiger partial charge in [0.05, 0.1) is 13.5 Å². The lowest BCUT2D eigenvalue weighted by atomic mass is 9.71. The number of aromatic nitrogens is 2. The van der Waals surface area contributed by atoms with Gasteiger partial charge in [0.1, 0.15) is 12.3 Å². The summed E-state index contributed by atoms with van der Waals surface area (Å²) < 4.78 is 5.24. The second-order valence-corrected chi connectivity index (χ2v) is 14.6. The first-order valence-electron chi connectivity index (χ1n) is 18.8. The van der Waals surface area contributed by atoms with Gasteiger partial charge < -0.3 is 20.1 Å². The number of carbonyl (C=O) groups excluding carboxylic acids is 2. The van der Waals surface area contributed by atoms with E-state index in [1.54, 1.807) is 31.4 Å². The van der Waals surface area contributed by atoms with Crippen LogP contribution in [0.15, 0.2) is 85.2 Å². The number of aliphatic carboxylic acids is 1. The zero-order chi connectivity index (χ0) is 37.3. The molecule has 1 fully saturated rings. The number of nitrogens with one attached hydrogen (secondary N) is 1. The SMILES string of the molecule is CC[C@H]1CC[C@H](C2CC=C(c3cnc(-c4ccc(CN(CC(=O)O)C(=O)c5ccc(NC(=O)Cc6ccc(OC)cc6C)cc5)cc4)nc3)CC2)CC1. The van der Waals surface area contributed by atoms with Crippen LogP contribution >= 0.6 is 0 Å². The summed E-state index contributed by atoms with van der Waals surface area (Å²) in [6, 6.07) is 19.6. The molecule has 0 spiro atoms. The third-order valence-corrected chi connectivity index (χ3v) is 11.1. The summed E-state index contributed by atoms with van der Waals surface area (Å²) in [5.41, 5.74) is 6.75. The van der Waals surface area contributed by atoms with Crippen molar-refractivity contribution in [2.24, 2.45) is 17.8 Å². The minimum absolute atomic E-state index is 0.111. The summed E-state index contributed by atoms with van der Waals surface area (Å²) in [5, 5.41) is 12.5. The molecule has 1 aromatic heterocycles. The molecule has 9 heteroatoms. The molecule has 3 aromatic carbocycles. The second-order valence-electron chi connectivity index (χ2n) is 14.6. The van der Waals surface area contributed by atoms with Crippen molar-refractivity contribution in [3.05, 3.63) is 113 Å². The van der Waals surface area contributed by atoms with Crippen LogP contribution in [-0.4, -0.2) is 51.4 Å². The van der Waals surface area contributed by atoms with Crippen LogP contribution in [0.3, 0.4) is 0 Å². The summed E-state index contributed by atoms with van der Waals surface area (Å²) in [4.78, 5) is 48.6. The number of carbonyl (C=O) groups is 3. The van der Waals surface area contributed by atoms with Crippen LogP contribution in [0.4, 0.5) is 5.69 Å². The molecule has 2 aliphatic rings. The van der Waals surface area contributed by atoms with Gasteiger partial charge in [-0.25, -0.2) is 9.97 Å². The summed E-state index contributed by atoms with van der Waals surface area (Å²) in [7, 11) is 1.60. The predicted molar refractivity (Wildman–Crippen MR) is 207 cm³/mol. The zero-order valence-corrected chi connectivity index (χ0v) is 31.0. The minimum Gasteiger partial charge on any atom is -0.497 e. The highest BCUT2D eigenvalue weighted by atomic mass is 16.5. The molecule has 1 atom stereocenters. The number of nitrogens with zero attached hydrogens (tertiary/aromatic N) is 3. The van der Waals surface area contributed by atoms with Crippen LogP contribution in [0, 0.1) is 24.7 Å². The van der Waals surface area contributed by atoms with Crippen molar-refractivity contribution in [1.82, 2.24) is 14.9 Å². The van der Waals surface area contributed by atoms with Crippen molar-refractivity contribution in [3.63, 3.8) is 0 Å². The third kappa shape index (κ3) is 9.77. The van der Waals surface area contributed by atoms with Gasteiger partial charge in [0, 0.05) is 41.3 Å². The Balaban J connectivity index is 1.03. The lowest BCUT2D eigenvalue weighted by Gasteiger charge is -2.35. The van der Waals surface area contributed by atoms with Crippen LogP contribution < -0.4 is 10.1 Å². The van der Waals surface area contributed by atoms with E-state index in [1.807, 2.05) is 61.8 Å². The maximum atomic E-state index is 13.5. The number of anilines is 1. The lowest BCUT2D eigenvalue weighted by Crippen LogP contribution is -2.35. The summed E-state index contributed by atoms with van der Waals surface area (Å²) >= 11 is 0. The van der Waals surface area contributed by atoms with Gasteiger partial charge in [0.15, 0.2) is 5.82 Å². The van der Waals surface area contributed by atoms with E-state index in [1.165, 1.54) is 49.0 Å². The van der Waals surface area contributed by atoms with Crippen molar-refractivity contribution in [1.29, 1.82) is 0 Å². The Kier molecular flexibility index (Phi) is 12.3. The van der Waals surface area contributed by atoms with E-state index in [4.69, 9.17) is 4.74 Å². The Morgan fingerprint density at radius 1 is 0.887 bits per heavy atom. The van der Waals surface area contributed by atoms with Crippen molar-refractivity contribution in [2.75, 3.05) is 19.0 Å². The standard InChI is InChI=1S/C44H50N4O5/c1-4-30-5-9-32(10-6-30)33-13-15-34(16-14-33)38-25-45-43(46-26-38)35-11-7-31(8-12-35)27-48(28-42(50)51)44(52)36-17-20-39(21-18-36)47-41(49)24-37-19-22-40(53-3)23-29(37)2/h7-8,11-12,15,17-23,25-26,30,32-33H,4-6,9-10,13-14,16,24,27-28H2,1-3H3,(H,47,49)(H,50,51)/t30-,32-,33?. The number of carboxylic acids is 1. The van der Waals surface area contributed by atoms with Crippen molar-refractivity contribution in [3.8, 4) is 17.1 Å². The molecule has 0 bridgehead atoms. The molecule has 0 saturated heterocycles. The van der Waals surface area contributed by atoms with Crippen LogP contribution in [-0.2, 0) is 22.6 Å². The van der Waals surface area contributed by atoms with E-state index in [0.29, 0.717) is 17.1 Å². The van der Waals surface area contributed by atoms with Gasteiger partial charge in [-0.1, -0.05) is 62.6 Å². The highest BCUT2D eigenvalue weighted by Crippen LogP contribution is 2.41. The lowest BCUT2D eigenvalue weighted by molar-refractivity contribution is -0.137. The normalized spacial score (nSPS) is 18.5. The monoisotopic (exact) mass is 714 g/mol. The molecular weight excluding hydrogens is 665 g/mol. The van der Waals surface area contributed by atoms with E-state index >= 15 is 0 Å². The Morgan fingerprint density at radius 3 is 2.21 bits per heavy atom. The Labute approximate surface area is 312 Å². The molecule has 6 rings (SSSR count). The smallest absolute Gasteiger partial charge is 0.323 e. The molecule has 9 nitrogen and oxygen atoms in total. The summed E-state index contributed by atoms with van der Waals surface area (Å²) in [5.74, 6) is 2.24. The fourth-order valence-corrected chi connectivity index (χ4v) is 7.85. The maximum Gasteiger partial charge on any atom is 0.323 e.